The molecule has 0 unspecified atom stereocenters. The Morgan fingerprint density at radius 3 is 2.56 bits per heavy atom. The Balaban J connectivity index is 2.54. The fraction of sp³-hybridized carbons (Fsp3) is 0. The standard InChI is InChI=1S/C11H6N2O3/c12-9-8-7(10(14)16-11(8)15)5-3-1-2-4-6(5)13-9/h1-4H,(H2,12,13). The lowest BCUT2D eigenvalue weighted by molar-refractivity contribution is 0.0445. The van der Waals surface area contributed by atoms with E-state index in [0.29, 0.717) is 10.9 Å². The van der Waals surface area contributed by atoms with E-state index in [-0.39, 0.29) is 16.9 Å². The predicted molar refractivity (Wildman–Crippen MR) is 55.9 cm³/mol. The minimum atomic E-state index is -0.726. The highest BCUT2D eigenvalue weighted by atomic mass is 16.6. The van der Waals surface area contributed by atoms with Gasteiger partial charge in [0.05, 0.1) is 11.1 Å². The van der Waals surface area contributed by atoms with Crippen LogP contribution in [0.1, 0.15) is 20.7 Å². The van der Waals surface area contributed by atoms with Crippen LogP contribution in [0.4, 0.5) is 5.82 Å². The molecular weight excluding hydrogens is 208 g/mol. The molecule has 1 aliphatic rings. The Bertz CT molecular complexity index is 649. The summed E-state index contributed by atoms with van der Waals surface area (Å²) in [6, 6.07) is 6.97. The average molecular weight is 214 g/mol. The zero-order chi connectivity index (χ0) is 11.3. The molecule has 0 atom stereocenters. The number of benzene rings is 1. The van der Waals surface area contributed by atoms with E-state index in [0.717, 1.165) is 0 Å². The first kappa shape index (κ1) is 8.84. The van der Waals surface area contributed by atoms with Crippen LogP contribution in [0, 0.1) is 0 Å². The number of rotatable bonds is 0. The van der Waals surface area contributed by atoms with Crippen molar-refractivity contribution in [1.82, 2.24) is 4.98 Å². The second-order valence-corrected chi connectivity index (χ2v) is 3.44. The third kappa shape index (κ3) is 0.967. The van der Waals surface area contributed by atoms with E-state index in [4.69, 9.17) is 5.73 Å². The summed E-state index contributed by atoms with van der Waals surface area (Å²) in [5.74, 6) is -1.36. The number of hydrogen-bond donors (Lipinski definition) is 1. The van der Waals surface area contributed by atoms with Crippen molar-refractivity contribution < 1.29 is 14.3 Å². The molecule has 5 heteroatoms. The molecule has 1 aromatic heterocycles. The highest BCUT2D eigenvalue weighted by Crippen LogP contribution is 2.30. The molecule has 0 aliphatic carbocycles. The molecule has 3 rings (SSSR count). The molecule has 0 saturated heterocycles. The molecule has 0 amide bonds. The molecule has 16 heavy (non-hydrogen) atoms. The first-order valence-electron chi connectivity index (χ1n) is 4.63. The minimum absolute atomic E-state index is 0.0320. The summed E-state index contributed by atoms with van der Waals surface area (Å²) in [7, 11) is 0. The Morgan fingerprint density at radius 2 is 1.75 bits per heavy atom. The molecule has 5 nitrogen and oxygen atoms in total. The average Bonchev–Trinajstić information content (AvgIpc) is 2.55. The summed E-state index contributed by atoms with van der Waals surface area (Å²) in [6.45, 7) is 0. The Labute approximate surface area is 89.8 Å². The van der Waals surface area contributed by atoms with E-state index in [1.165, 1.54) is 0 Å². The van der Waals surface area contributed by atoms with Gasteiger partial charge in [0.25, 0.3) is 0 Å². The number of nitrogens with zero attached hydrogens (tertiary/aromatic N) is 1. The molecule has 78 valence electrons. The van der Waals surface area contributed by atoms with Gasteiger partial charge in [-0.25, -0.2) is 14.6 Å². The number of para-hydroxylation sites is 1. The third-order valence-corrected chi connectivity index (χ3v) is 2.51. The van der Waals surface area contributed by atoms with Gasteiger partial charge >= 0.3 is 11.9 Å². The molecule has 2 N–H and O–H groups in total. The van der Waals surface area contributed by atoms with E-state index in [9.17, 15) is 9.59 Å². The van der Waals surface area contributed by atoms with Crippen molar-refractivity contribution in [2.24, 2.45) is 0 Å². The number of carbonyl (C=O) groups is 2. The first-order chi connectivity index (χ1) is 7.68. The molecular formula is C11H6N2O3. The maximum atomic E-state index is 11.5. The molecule has 2 aromatic rings. The summed E-state index contributed by atoms with van der Waals surface area (Å²) in [4.78, 5) is 26.9. The van der Waals surface area contributed by atoms with Gasteiger partial charge in [-0.3, -0.25) is 0 Å². The van der Waals surface area contributed by atoms with Crippen molar-refractivity contribution in [3.63, 3.8) is 0 Å². The van der Waals surface area contributed by atoms with Gasteiger partial charge in [-0.1, -0.05) is 18.2 Å². The van der Waals surface area contributed by atoms with Crippen molar-refractivity contribution in [3.8, 4) is 0 Å². The van der Waals surface area contributed by atoms with Gasteiger partial charge in [0.1, 0.15) is 11.4 Å². The lowest BCUT2D eigenvalue weighted by Gasteiger charge is -2.02. The van der Waals surface area contributed by atoms with Gasteiger partial charge in [0.2, 0.25) is 0 Å². The number of anilines is 1. The van der Waals surface area contributed by atoms with Crippen molar-refractivity contribution in [2.75, 3.05) is 5.73 Å². The molecule has 1 aliphatic heterocycles. The number of pyridine rings is 1. The number of carbonyl (C=O) groups excluding carboxylic acids is 2. The quantitative estimate of drug-likeness (QED) is 0.525. The smallest absolute Gasteiger partial charge is 0.350 e. The molecule has 0 radical (unpaired) electrons. The van der Waals surface area contributed by atoms with Crippen LogP contribution < -0.4 is 5.73 Å². The van der Waals surface area contributed by atoms with E-state index in [1.807, 2.05) is 0 Å². The fourth-order valence-corrected chi connectivity index (χ4v) is 1.84. The molecule has 0 fully saturated rings. The highest BCUT2D eigenvalue weighted by molar-refractivity contribution is 6.22. The molecule has 1 aromatic carbocycles. The zero-order valence-corrected chi connectivity index (χ0v) is 8.06. The largest absolute Gasteiger partial charge is 0.386 e. The number of ether oxygens (including phenoxy) is 1. The Hall–Kier alpha value is -2.43. The predicted octanol–water partition coefficient (Wildman–Crippen LogP) is 1.13. The fourth-order valence-electron chi connectivity index (χ4n) is 1.84. The number of esters is 2. The van der Waals surface area contributed by atoms with E-state index < -0.39 is 11.9 Å². The molecule has 0 bridgehead atoms. The lowest BCUT2D eigenvalue weighted by atomic mass is 10.0. The zero-order valence-electron chi connectivity index (χ0n) is 8.06. The summed E-state index contributed by atoms with van der Waals surface area (Å²) in [5, 5.41) is 0.586. The van der Waals surface area contributed by atoms with Gasteiger partial charge in [-0.2, -0.15) is 0 Å². The summed E-state index contributed by atoms with van der Waals surface area (Å²) in [6.07, 6.45) is 0. The number of nitrogen functional groups attached to an aromatic ring is 1. The monoisotopic (exact) mass is 214 g/mol. The summed E-state index contributed by atoms with van der Waals surface area (Å²) >= 11 is 0. The third-order valence-electron chi connectivity index (χ3n) is 2.51. The van der Waals surface area contributed by atoms with E-state index >= 15 is 0 Å². The van der Waals surface area contributed by atoms with Gasteiger partial charge in [-0.15, -0.1) is 0 Å². The molecule has 2 heterocycles. The van der Waals surface area contributed by atoms with Crippen molar-refractivity contribution >= 4 is 28.7 Å². The molecule has 0 saturated carbocycles. The van der Waals surface area contributed by atoms with Crippen LogP contribution in [0.2, 0.25) is 0 Å². The number of aromatic nitrogens is 1. The normalized spacial score (nSPS) is 14.0. The Kier molecular flexibility index (Phi) is 1.54. The van der Waals surface area contributed by atoms with Crippen molar-refractivity contribution in [3.05, 3.63) is 35.4 Å². The minimum Gasteiger partial charge on any atom is -0.386 e. The van der Waals surface area contributed by atoms with E-state index in [2.05, 4.69) is 9.72 Å². The molecule has 0 spiro atoms. The first-order valence-corrected chi connectivity index (χ1v) is 4.63. The van der Waals surface area contributed by atoms with Gasteiger partial charge in [0.15, 0.2) is 0 Å². The maximum absolute atomic E-state index is 11.5. The van der Waals surface area contributed by atoms with Gasteiger partial charge in [-0.05, 0) is 6.07 Å². The maximum Gasteiger partial charge on any atom is 0.350 e. The van der Waals surface area contributed by atoms with Gasteiger partial charge < -0.3 is 10.5 Å². The summed E-state index contributed by atoms with van der Waals surface area (Å²) < 4.78 is 4.52. The van der Waals surface area contributed by atoms with Crippen molar-refractivity contribution in [2.45, 2.75) is 0 Å². The lowest BCUT2D eigenvalue weighted by Crippen LogP contribution is -2.03. The topological polar surface area (TPSA) is 82.3 Å². The number of hydrogen-bond acceptors (Lipinski definition) is 5. The van der Waals surface area contributed by atoms with Crippen LogP contribution in [0.25, 0.3) is 10.9 Å². The van der Waals surface area contributed by atoms with E-state index in [1.54, 1.807) is 24.3 Å². The van der Waals surface area contributed by atoms with Crippen LogP contribution in [0.3, 0.4) is 0 Å². The van der Waals surface area contributed by atoms with Crippen molar-refractivity contribution in [1.29, 1.82) is 0 Å². The van der Waals surface area contributed by atoms with Crippen LogP contribution in [-0.4, -0.2) is 16.9 Å². The number of fused-ring (bicyclic) bond motifs is 3. The highest BCUT2D eigenvalue weighted by Gasteiger charge is 2.34. The summed E-state index contributed by atoms with van der Waals surface area (Å²) in [5.41, 5.74) is 6.49. The van der Waals surface area contributed by atoms with Crippen LogP contribution in [0.5, 0.6) is 0 Å². The second-order valence-electron chi connectivity index (χ2n) is 3.44. The number of nitrogens with two attached hydrogens (primary N) is 1. The van der Waals surface area contributed by atoms with Crippen LogP contribution in [-0.2, 0) is 4.74 Å². The van der Waals surface area contributed by atoms with Crippen LogP contribution >= 0.6 is 0 Å². The SMILES string of the molecule is Nc1nc2ccccc2c2c1C(=O)OC2=O. The van der Waals surface area contributed by atoms with Crippen LogP contribution in [0.15, 0.2) is 24.3 Å². The second kappa shape index (κ2) is 2.79. The Morgan fingerprint density at radius 1 is 1.06 bits per heavy atom. The van der Waals surface area contributed by atoms with Gasteiger partial charge in [0, 0.05) is 5.39 Å². The number of cyclic esters (lactones) is 2.